The lowest BCUT2D eigenvalue weighted by molar-refractivity contribution is -0.285. The predicted octanol–water partition coefficient (Wildman–Crippen LogP) is 17.6. The Kier molecular flexibility index (Phi) is 30.4. The predicted molar refractivity (Wildman–Crippen MR) is 486 cm³/mol. The number of ether oxygens (including phenoxy) is 8. The first-order chi connectivity index (χ1) is 63.4. The fraction of sp³-hybridized carbons (Fsp3) is 0.490. The number of rotatable bonds is 22. The number of carbonyl (C=O) groups is 7. The van der Waals surface area contributed by atoms with E-state index >= 15 is 0 Å². The molecule has 0 amide bonds. The fourth-order valence-corrected chi connectivity index (χ4v) is 27.7. The monoisotopic (exact) mass is 1990 g/mol. The van der Waals surface area contributed by atoms with Gasteiger partial charge in [-0.25, -0.2) is 36.0 Å². The highest BCUT2D eigenvalue weighted by atomic mass is 32.2. The van der Waals surface area contributed by atoms with Gasteiger partial charge in [0.1, 0.15) is 29.2 Å². The zero-order valence-corrected chi connectivity index (χ0v) is 80.4. The van der Waals surface area contributed by atoms with Gasteiger partial charge < -0.3 is 67.4 Å². The smallest absolute Gasteiger partial charge is 0.426 e. The largest absolute Gasteiger partial charge is 0.748 e. The summed E-state index contributed by atoms with van der Waals surface area (Å²) >= 11 is 0. The summed E-state index contributed by atoms with van der Waals surface area (Å²) in [4.78, 5) is 90.0. The van der Waals surface area contributed by atoms with Crippen LogP contribution in [0.15, 0.2) is 227 Å². The summed E-state index contributed by atoms with van der Waals surface area (Å²) in [5.41, 5.74) is -6.81. The van der Waals surface area contributed by atoms with Crippen molar-refractivity contribution >= 4 is 104 Å². The molecule has 14 atom stereocenters. The minimum absolute atomic E-state index is 0.00330. The van der Waals surface area contributed by atoms with Crippen LogP contribution in [0.25, 0.3) is 25.1 Å². The van der Waals surface area contributed by atoms with E-state index in [4.69, 9.17) is 18.9 Å². The standard InChI is InChI=1S/C20H32O4.C18H23F3O7S.C18H14OS.C18H13S.C16H17F3O9S.C10H14F2O4/c1-13(2)15(21)24-20-9-14-7-18(11-20,16(3,4)22)10-19(8-14,12-20)17(5,6)23;1-10(2)14(22)28-17-6-11-3-12(7-17)5-16(4-11,9-17)15(23)27-13(18(19,20)21)8-29(24,25)26;19-15-11-13-18(14-12-15)20(16-7-3-1-4-8-16)17-9-5-2-6-10-17;1-2-8-14(9-3-1)19-17-12-6-4-10-15(17)16-11-5-7-13-18(16)19;1-5(2)13(20)27-11-6-3-7-10(15(22)28-12(7)11)9(6)14(21)26-8(16(17,18)19)4-29(23,24)25;1-6(2)7(13)16-8(3)5-15-9(4,14)10(8,11)12/h14,22-23H,1,7-12H2,2-6H3;11-13H,1,3-9H2,2H3,(H,24,25,26);1-14H;1-13H;6-12H,1,3-4H2,2H3,(H,23,24,25);14H,1,5H2,2-4H3/q;;;+1;;/p-1. The summed E-state index contributed by atoms with van der Waals surface area (Å²) < 4.78 is 214. The number of aromatic hydroxyl groups is 1. The summed E-state index contributed by atoms with van der Waals surface area (Å²) in [6.07, 6.45) is -11.2. The Labute approximate surface area is 794 Å². The van der Waals surface area contributed by atoms with Crippen LogP contribution in [0.5, 0.6) is 5.75 Å². The number of carbonyl (C=O) groups excluding carboxylic acids is 7. The number of hydrogen-bond acceptors (Lipinski definition) is 25. The van der Waals surface area contributed by atoms with Crippen molar-refractivity contribution in [3.8, 4) is 10.6 Å². The Morgan fingerprint density at radius 2 is 0.949 bits per heavy atom. The molecule has 2 saturated heterocycles. The first kappa shape index (κ1) is 106. The minimum Gasteiger partial charge on any atom is -0.748 e. The molecule has 0 radical (unpaired) electrons. The molecule has 14 unspecified atom stereocenters. The molecule has 0 spiro atoms. The molecule has 19 rings (SSSR count). The van der Waals surface area contributed by atoms with Crippen LogP contribution in [-0.2, 0) is 103 Å². The highest BCUT2D eigenvalue weighted by Crippen LogP contribution is 2.73. The van der Waals surface area contributed by atoms with E-state index in [-0.39, 0.29) is 92.4 Å². The molecule has 3 heterocycles. The number of phenolic OH excluding ortho intramolecular Hbond substituents is 1. The van der Waals surface area contributed by atoms with E-state index in [1.54, 1.807) is 19.1 Å². The molecule has 6 aromatic carbocycles. The van der Waals surface area contributed by atoms with Gasteiger partial charge in [0.05, 0.1) is 77.7 Å². The van der Waals surface area contributed by atoms with Crippen molar-refractivity contribution < 1.29 is 153 Å². The Bertz CT molecular complexity index is 5860. The van der Waals surface area contributed by atoms with Gasteiger partial charge >= 0.3 is 60.1 Å². The van der Waals surface area contributed by atoms with Crippen LogP contribution in [0.3, 0.4) is 0 Å². The van der Waals surface area contributed by atoms with Crippen molar-refractivity contribution in [2.75, 3.05) is 18.1 Å². The third-order valence-electron chi connectivity index (χ3n) is 27.8. The fourth-order valence-electron chi connectivity index (χ4n) is 22.0. The van der Waals surface area contributed by atoms with Gasteiger partial charge in [0, 0.05) is 72.6 Å². The average molecular weight is 1990 g/mol. The van der Waals surface area contributed by atoms with Crippen LogP contribution in [0, 0.1) is 57.7 Å². The van der Waals surface area contributed by atoms with E-state index in [0.29, 0.717) is 42.9 Å². The second-order valence-electron chi connectivity index (χ2n) is 39.4. The van der Waals surface area contributed by atoms with E-state index in [9.17, 15) is 115 Å². The number of hydrogen-bond donors (Lipinski definition) is 4. The zero-order valence-electron chi connectivity index (χ0n) is 77.1. The second kappa shape index (κ2) is 39.3. The third-order valence-corrected chi connectivity index (χ3v) is 33.8. The number of aliphatic hydroxyl groups is 3. The Hall–Kier alpha value is -9.96. The van der Waals surface area contributed by atoms with Gasteiger partial charge in [-0.1, -0.05) is 105 Å². The van der Waals surface area contributed by atoms with E-state index in [1.165, 1.54) is 60.5 Å². The first-order valence-corrected chi connectivity index (χ1v) is 50.0. The van der Waals surface area contributed by atoms with Crippen LogP contribution in [0.4, 0.5) is 35.1 Å². The lowest BCUT2D eigenvalue weighted by Gasteiger charge is -2.70. The Morgan fingerprint density at radius 3 is 1.38 bits per heavy atom. The molecule has 4 N–H and O–H groups in total. The van der Waals surface area contributed by atoms with Crippen molar-refractivity contribution in [2.45, 2.75) is 244 Å². The first-order valence-electron chi connectivity index (χ1n) is 44.4. The van der Waals surface area contributed by atoms with Gasteiger partial charge in [-0.2, -0.15) is 35.1 Å². The number of halogens is 8. The van der Waals surface area contributed by atoms with Crippen LogP contribution in [0.2, 0.25) is 0 Å². The Morgan fingerprint density at radius 1 is 0.533 bits per heavy atom. The van der Waals surface area contributed by atoms with E-state index < -0.39 is 180 Å². The van der Waals surface area contributed by atoms with Gasteiger partial charge in [-0.3, -0.25) is 14.4 Å². The number of thiophene rings is 1. The molecule has 12 aliphatic rings. The molecule has 7 aromatic rings. The molecule has 37 heteroatoms. The number of alkyl halides is 8. The lowest BCUT2D eigenvalue weighted by atomic mass is 9.37. The van der Waals surface area contributed by atoms with E-state index in [1.807, 2.05) is 52.0 Å². The molecular formula is C100H112F8O25S4. The molecule has 10 bridgehead atoms. The molecule has 137 heavy (non-hydrogen) atoms. The quantitative estimate of drug-likeness (QED) is 0.0122. The summed E-state index contributed by atoms with van der Waals surface area (Å²) in [5.74, 6) is -19.7. The molecule has 10 aliphatic carbocycles. The highest BCUT2D eigenvalue weighted by Gasteiger charge is 2.74. The molecule has 10 saturated carbocycles. The lowest BCUT2D eigenvalue weighted by Crippen LogP contribution is -2.70. The van der Waals surface area contributed by atoms with E-state index in [2.05, 4.69) is 173 Å². The molecule has 742 valence electrons. The van der Waals surface area contributed by atoms with Crippen LogP contribution in [-0.4, -0.2) is 183 Å². The van der Waals surface area contributed by atoms with E-state index in [0.717, 1.165) is 46.0 Å². The zero-order chi connectivity index (χ0) is 101. The van der Waals surface area contributed by atoms with Gasteiger partial charge in [0.15, 0.2) is 29.0 Å². The maximum absolute atomic E-state index is 13.7. The highest BCUT2D eigenvalue weighted by molar-refractivity contribution is 7.97. The van der Waals surface area contributed by atoms with Crippen molar-refractivity contribution in [3.63, 3.8) is 0 Å². The maximum Gasteiger partial charge on any atom is 0.426 e. The van der Waals surface area contributed by atoms with Crippen molar-refractivity contribution in [1.29, 1.82) is 0 Å². The number of phenols is 1. The third kappa shape index (κ3) is 22.9. The topological polar surface area (TPSA) is 389 Å². The molecule has 1 aromatic heterocycles. The summed E-state index contributed by atoms with van der Waals surface area (Å²) in [5, 5.41) is 43.6. The van der Waals surface area contributed by atoms with Crippen molar-refractivity contribution in [1.82, 2.24) is 0 Å². The molecule has 25 nitrogen and oxygen atoms in total. The van der Waals surface area contributed by atoms with Crippen molar-refractivity contribution in [3.05, 3.63) is 212 Å². The number of benzene rings is 6. The summed E-state index contributed by atoms with van der Waals surface area (Å²) in [7, 11) is -10.7. The molecular weight excluding hydrogens is 1880 g/mol. The van der Waals surface area contributed by atoms with Crippen LogP contribution < -0.4 is 0 Å². The summed E-state index contributed by atoms with van der Waals surface area (Å²) in [6, 6.07) is 56.9. The second-order valence-corrected chi connectivity index (χ2v) is 46.3. The van der Waals surface area contributed by atoms with Crippen molar-refractivity contribution in [2.24, 2.45) is 57.7 Å². The van der Waals surface area contributed by atoms with Crippen LogP contribution in [0.1, 0.15) is 153 Å². The average Bonchev–Trinajstić information content (AvgIpc) is 1.56. The number of fused-ring (bicyclic) bond motifs is 4. The maximum atomic E-state index is 13.7. The number of esters is 7. The van der Waals surface area contributed by atoms with Gasteiger partial charge in [-0.15, -0.1) is 0 Å². The van der Waals surface area contributed by atoms with Gasteiger partial charge in [-0.05, 0) is 249 Å². The minimum atomic E-state index is -5.36. The van der Waals surface area contributed by atoms with Gasteiger partial charge in [0.2, 0.25) is 23.6 Å². The normalized spacial score (nSPS) is 29.2. The summed E-state index contributed by atoms with van der Waals surface area (Å²) in [6.45, 7) is 28.5. The van der Waals surface area contributed by atoms with Crippen LogP contribution >= 0.6 is 10.5 Å². The molecule has 12 fully saturated rings. The molecule has 2 aliphatic heterocycles. The SMILES string of the molecule is C=C(C)C(=O)OC1(C)COC(C)(O)C1(F)F.C=C(C)C(=O)OC12CC3CC(C(C)(C)O)(C1)CC(C(C)(C)O)(C3)C2.C=C(C)C(=O)OC12CC3CC(C1)CC(C(=O)OC(CS(=O)(=O)[O-])C(F)(F)F)(C3)C2.C=C(C)C(=O)OC1C2CC3C1OC(=O)C3C2C(=O)OC(CS(=O)(=O)[O-])C(F)(F)F.Oc1ccc([S+](c2ccccc2)c2ccccc2)cc1.c1ccc(-[s+]2c3ccccc3c3ccccc32)cc1. The Balaban J connectivity index is 0.000000149. The van der Waals surface area contributed by atoms with Gasteiger partial charge in [0.25, 0.3) is 0 Å².